The van der Waals surface area contributed by atoms with E-state index in [0.29, 0.717) is 19.1 Å². The Kier molecular flexibility index (Phi) is 6.19. The van der Waals surface area contributed by atoms with E-state index in [-0.39, 0.29) is 5.41 Å². The summed E-state index contributed by atoms with van der Waals surface area (Å²) in [5.41, 5.74) is 3.24. The maximum absolute atomic E-state index is 13.6. The molecule has 4 heteroatoms. The number of piperidine rings is 1. The van der Waals surface area contributed by atoms with Crippen LogP contribution in [0, 0.1) is 5.41 Å². The van der Waals surface area contributed by atoms with Gasteiger partial charge in [-0.2, -0.15) is 0 Å². The molecule has 0 unspecified atom stereocenters. The van der Waals surface area contributed by atoms with Gasteiger partial charge in [-0.3, -0.25) is 4.79 Å². The molecular formula is C25H31NO3. The molecule has 2 saturated heterocycles. The fourth-order valence-electron chi connectivity index (χ4n) is 4.70. The molecule has 0 aromatic heterocycles. The maximum atomic E-state index is 13.6. The molecule has 1 amide bonds. The largest absolute Gasteiger partial charge is 0.497 e. The third kappa shape index (κ3) is 4.48. The molecule has 0 N–H and O–H groups in total. The van der Waals surface area contributed by atoms with Crippen molar-refractivity contribution in [2.24, 2.45) is 5.41 Å². The van der Waals surface area contributed by atoms with Crippen molar-refractivity contribution in [3.8, 4) is 16.9 Å². The van der Waals surface area contributed by atoms with E-state index in [2.05, 4.69) is 41.3 Å². The highest BCUT2D eigenvalue weighted by molar-refractivity contribution is 5.83. The lowest BCUT2D eigenvalue weighted by Gasteiger charge is -2.41. The van der Waals surface area contributed by atoms with Crippen LogP contribution in [-0.4, -0.2) is 44.2 Å². The molecule has 0 aliphatic carbocycles. The summed E-state index contributed by atoms with van der Waals surface area (Å²) in [4.78, 5) is 15.7. The molecule has 0 saturated carbocycles. The standard InChI is InChI=1S/C25H31NO3/c1-28-23-10-8-21(9-11-23)22-7-5-6-20(18-22)19-25(12-16-29-17-13-25)24(27)26-14-3-2-4-15-26/h5-11,18H,2-4,12-17,19H2,1H3. The lowest BCUT2D eigenvalue weighted by atomic mass is 9.73. The van der Waals surface area contributed by atoms with Crippen LogP contribution in [0.15, 0.2) is 48.5 Å². The number of rotatable bonds is 5. The predicted octanol–water partition coefficient (Wildman–Crippen LogP) is 4.71. The van der Waals surface area contributed by atoms with Crippen molar-refractivity contribution in [2.45, 2.75) is 38.5 Å². The Morgan fingerprint density at radius 1 is 1.00 bits per heavy atom. The van der Waals surface area contributed by atoms with Crippen LogP contribution >= 0.6 is 0 Å². The molecule has 4 nitrogen and oxygen atoms in total. The van der Waals surface area contributed by atoms with Crippen molar-refractivity contribution < 1.29 is 14.3 Å². The third-order valence-electron chi connectivity index (χ3n) is 6.44. The summed E-state index contributed by atoms with van der Waals surface area (Å²) in [6.45, 7) is 3.18. The Morgan fingerprint density at radius 3 is 2.41 bits per heavy atom. The first-order valence-electron chi connectivity index (χ1n) is 10.8. The van der Waals surface area contributed by atoms with Crippen LogP contribution < -0.4 is 4.74 Å². The summed E-state index contributed by atoms with van der Waals surface area (Å²) in [5, 5.41) is 0. The molecular weight excluding hydrogens is 362 g/mol. The highest BCUT2D eigenvalue weighted by atomic mass is 16.5. The van der Waals surface area contributed by atoms with Gasteiger partial charge >= 0.3 is 0 Å². The maximum Gasteiger partial charge on any atom is 0.229 e. The normalized spacial score (nSPS) is 19.0. The SMILES string of the molecule is COc1ccc(-c2cccc(CC3(C(=O)N4CCCCC4)CCOCC3)c2)cc1. The smallest absolute Gasteiger partial charge is 0.229 e. The Morgan fingerprint density at radius 2 is 1.72 bits per heavy atom. The first kappa shape index (κ1) is 20.0. The van der Waals surface area contributed by atoms with Gasteiger partial charge < -0.3 is 14.4 Å². The fraction of sp³-hybridized carbons (Fsp3) is 0.480. The Balaban J connectivity index is 1.58. The minimum Gasteiger partial charge on any atom is -0.497 e. The lowest BCUT2D eigenvalue weighted by molar-refractivity contribution is -0.149. The van der Waals surface area contributed by atoms with Crippen molar-refractivity contribution in [3.05, 3.63) is 54.1 Å². The quantitative estimate of drug-likeness (QED) is 0.738. The zero-order valence-corrected chi connectivity index (χ0v) is 17.4. The van der Waals surface area contributed by atoms with E-state index in [1.54, 1.807) is 7.11 Å². The summed E-state index contributed by atoms with van der Waals surface area (Å²) in [5.74, 6) is 1.20. The third-order valence-corrected chi connectivity index (χ3v) is 6.44. The van der Waals surface area contributed by atoms with E-state index in [9.17, 15) is 4.79 Å². The van der Waals surface area contributed by atoms with Gasteiger partial charge in [0.15, 0.2) is 0 Å². The molecule has 0 atom stereocenters. The van der Waals surface area contributed by atoms with Gasteiger partial charge in [-0.05, 0) is 67.3 Å². The monoisotopic (exact) mass is 393 g/mol. The number of amides is 1. The van der Waals surface area contributed by atoms with Crippen LogP contribution in [0.25, 0.3) is 11.1 Å². The van der Waals surface area contributed by atoms with Crippen molar-refractivity contribution in [1.82, 2.24) is 4.90 Å². The molecule has 4 rings (SSSR count). The van der Waals surface area contributed by atoms with Gasteiger partial charge in [0.2, 0.25) is 5.91 Å². The molecule has 0 radical (unpaired) electrons. The second-order valence-corrected chi connectivity index (χ2v) is 8.35. The number of methoxy groups -OCH3 is 1. The average molecular weight is 394 g/mol. The van der Waals surface area contributed by atoms with Crippen LogP contribution in [0.3, 0.4) is 0 Å². The Bertz CT molecular complexity index is 818. The molecule has 2 aliphatic heterocycles. The minimum absolute atomic E-state index is 0.325. The molecule has 2 aliphatic rings. The average Bonchev–Trinajstić information content (AvgIpc) is 2.80. The van der Waals surface area contributed by atoms with Gasteiger partial charge in [-0.25, -0.2) is 0 Å². The first-order chi connectivity index (χ1) is 14.2. The van der Waals surface area contributed by atoms with Crippen molar-refractivity contribution in [3.63, 3.8) is 0 Å². The van der Waals surface area contributed by atoms with Gasteiger partial charge in [0.25, 0.3) is 0 Å². The number of benzene rings is 2. The molecule has 154 valence electrons. The summed E-state index contributed by atoms with van der Waals surface area (Å²) >= 11 is 0. The number of hydrogen-bond donors (Lipinski definition) is 0. The second-order valence-electron chi connectivity index (χ2n) is 8.35. The van der Waals surface area contributed by atoms with Crippen molar-refractivity contribution >= 4 is 5.91 Å². The summed E-state index contributed by atoms with van der Waals surface area (Å²) < 4.78 is 10.9. The lowest BCUT2D eigenvalue weighted by Crippen LogP contribution is -2.49. The van der Waals surface area contributed by atoms with Crippen LogP contribution in [0.4, 0.5) is 0 Å². The van der Waals surface area contributed by atoms with Gasteiger partial charge in [0.05, 0.1) is 12.5 Å². The molecule has 0 bridgehead atoms. The highest BCUT2D eigenvalue weighted by Crippen LogP contribution is 2.38. The molecule has 29 heavy (non-hydrogen) atoms. The zero-order valence-electron chi connectivity index (χ0n) is 17.4. The molecule has 2 fully saturated rings. The second kappa shape index (κ2) is 9.00. The van der Waals surface area contributed by atoms with Gasteiger partial charge in [-0.15, -0.1) is 0 Å². The van der Waals surface area contributed by atoms with Crippen LogP contribution in [0.2, 0.25) is 0 Å². The van der Waals surface area contributed by atoms with E-state index in [1.807, 2.05) is 12.1 Å². The molecule has 2 heterocycles. The first-order valence-corrected chi connectivity index (χ1v) is 10.8. The van der Waals surface area contributed by atoms with Gasteiger partial charge in [0.1, 0.15) is 5.75 Å². The molecule has 0 spiro atoms. The highest BCUT2D eigenvalue weighted by Gasteiger charge is 2.42. The summed E-state index contributed by atoms with van der Waals surface area (Å²) in [6, 6.07) is 16.8. The van der Waals surface area contributed by atoms with Gasteiger partial charge in [-0.1, -0.05) is 36.4 Å². The number of nitrogens with zero attached hydrogens (tertiary/aromatic N) is 1. The Labute approximate surface area is 173 Å². The molecule has 2 aromatic rings. The van der Waals surface area contributed by atoms with E-state index in [4.69, 9.17) is 9.47 Å². The number of carbonyl (C=O) groups excluding carboxylic acids is 1. The number of ether oxygens (including phenoxy) is 2. The molecule has 2 aromatic carbocycles. The summed E-state index contributed by atoms with van der Waals surface area (Å²) in [6.07, 6.45) is 5.92. The predicted molar refractivity (Wildman–Crippen MR) is 115 cm³/mol. The summed E-state index contributed by atoms with van der Waals surface area (Å²) in [7, 11) is 1.68. The van der Waals surface area contributed by atoms with E-state index in [1.165, 1.54) is 17.5 Å². The number of hydrogen-bond acceptors (Lipinski definition) is 3. The van der Waals surface area contributed by atoms with Crippen LogP contribution in [0.5, 0.6) is 5.75 Å². The Hall–Kier alpha value is -2.33. The topological polar surface area (TPSA) is 38.8 Å². The van der Waals surface area contributed by atoms with E-state index < -0.39 is 0 Å². The van der Waals surface area contributed by atoms with E-state index >= 15 is 0 Å². The van der Waals surface area contributed by atoms with Crippen molar-refractivity contribution in [2.75, 3.05) is 33.4 Å². The van der Waals surface area contributed by atoms with Crippen LogP contribution in [-0.2, 0) is 16.0 Å². The zero-order chi connectivity index (χ0) is 20.1. The fourth-order valence-corrected chi connectivity index (χ4v) is 4.70. The van der Waals surface area contributed by atoms with Crippen LogP contribution in [0.1, 0.15) is 37.7 Å². The number of carbonyl (C=O) groups is 1. The van der Waals surface area contributed by atoms with Crippen molar-refractivity contribution in [1.29, 1.82) is 0 Å². The minimum atomic E-state index is -0.325. The number of likely N-dealkylation sites (tertiary alicyclic amines) is 1. The van der Waals surface area contributed by atoms with E-state index in [0.717, 1.165) is 56.5 Å². The van der Waals surface area contributed by atoms with Gasteiger partial charge in [0, 0.05) is 26.3 Å².